The molecule has 0 radical (unpaired) electrons. The quantitative estimate of drug-likeness (QED) is 0.290. The summed E-state index contributed by atoms with van der Waals surface area (Å²) in [6, 6.07) is 4.31. The molecule has 1 aliphatic rings. The predicted molar refractivity (Wildman–Crippen MR) is 120 cm³/mol. The summed E-state index contributed by atoms with van der Waals surface area (Å²) in [5, 5.41) is 3.45. The highest BCUT2D eigenvalue weighted by atomic mass is 15.3. The van der Waals surface area contributed by atoms with Gasteiger partial charge in [-0.25, -0.2) is 4.98 Å². The van der Waals surface area contributed by atoms with Gasteiger partial charge in [0.25, 0.3) is 0 Å². The molecule has 2 heterocycles. The number of nitrogens with one attached hydrogen (secondary N) is 1. The van der Waals surface area contributed by atoms with Crippen molar-refractivity contribution in [3.63, 3.8) is 0 Å². The first-order chi connectivity index (χ1) is 13.7. The fraction of sp³-hybridized carbons (Fsp3) is 0.636. The largest absolute Gasteiger partial charge is 0.354 e. The van der Waals surface area contributed by atoms with Crippen molar-refractivity contribution < 1.29 is 0 Å². The van der Waals surface area contributed by atoms with Gasteiger partial charge < -0.3 is 20.0 Å². The van der Waals surface area contributed by atoms with Crippen LogP contribution in [0.4, 0.5) is 5.82 Å². The van der Waals surface area contributed by atoms with Crippen molar-refractivity contribution in [2.24, 2.45) is 4.99 Å². The number of nitrogens with zero attached hydrogens (tertiary/aromatic N) is 5. The molecule has 0 bridgehead atoms. The van der Waals surface area contributed by atoms with Crippen LogP contribution in [-0.2, 0) is 6.54 Å². The number of anilines is 1. The van der Waals surface area contributed by atoms with E-state index in [1.54, 1.807) is 0 Å². The summed E-state index contributed by atoms with van der Waals surface area (Å²) < 4.78 is 0. The molecule has 0 atom stereocenters. The summed E-state index contributed by atoms with van der Waals surface area (Å²) in [5.74, 6) is 2.02. The first-order valence-corrected chi connectivity index (χ1v) is 10.6. The van der Waals surface area contributed by atoms with E-state index in [0.29, 0.717) is 0 Å². The van der Waals surface area contributed by atoms with Crippen molar-refractivity contribution in [1.82, 2.24) is 20.1 Å². The van der Waals surface area contributed by atoms with E-state index >= 15 is 0 Å². The van der Waals surface area contributed by atoms with Gasteiger partial charge in [-0.15, -0.1) is 6.58 Å². The predicted octanol–water partition coefficient (Wildman–Crippen LogP) is 2.98. The maximum absolute atomic E-state index is 4.69. The molecular weight excluding hydrogens is 348 g/mol. The van der Waals surface area contributed by atoms with Crippen molar-refractivity contribution in [3.8, 4) is 0 Å². The lowest BCUT2D eigenvalue weighted by Crippen LogP contribution is -2.46. The van der Waals surface area contributed by atoms with Gasteiger partial charge in [-0.1, -0.05) is 25.5 Å². The molecule has 156 valence electrons. The summed E-state index contributed by atoms with van der Waals surface area (Å²) >= 11 is 0. The number of hydrogen-bond acceptors (Lipinski definition) is 4. The van der Waals surface area contributed by atoms with Gasteiger partial charge in [-0.2, -0.15) is 0 Å². The first kappa shape index (κ1) is 22.2. The second-order valence-corrected chi connectivity index (χ2v) is 7.41. The summed E-state index contributed by atoms with van der Waals surface area (Å²) in [4.78, 5) is 16.1. The molecule has 0 amide bonds. The molecular formula is C22H38N6. The van der Waals surface area contributed by atoms with Gasteiger partial charge >= 0.3 is 0 Å². The van der Waals surface area contributed by atoms with Gasteiger partial charge in [0.15, 0.2) is 5.96 Å². The van der Waals surface area contributed by atoms with E-state index in [-0.39, 0.29) is 0 Å². The zero-order chi connectivity index (χ0) is 20.2. The van der Waals surface area contributed by atoms with Gasteiger partial charge in [-0.05, 0) is 37.4 Å². The number of guanidine groups is 1. The van der Waals surface area contributed by atoms with E-state index in [0.717, 1.165) is 64.0 Å². The van der Waals surface area contributed by atoms with E-state index < -0.39 is 0 Å². The highest BCUT2D eigenvalue weighted by Gasteiger charge is 2.16. The maximum atomic E-state index is 4.69. The fourth-order valence-electron chi connectivity index (χ4n) is 3.49. The van der Waals surface area contributed by atoms with E-state index in [9.17, 15) is 0 Å². The molecule has 1 saturated heterocycles. The Morgan fingerprint density at radius 3 is 2.64 bits per heavy atom. The Kier molecular flexibility index (Phi) is 9.83. The SMILES string of the molecule is C=CCCCCCN(C)C(=NC)NCc1ccc(N2CCN(CC)CC2)nc1. The van der Waals surface area contributed by atoms with Gasteiger partial charge in [0.1, 0.15) is 5.82 Å². The zero-order valence-electron chi connectivity index (χ0n) is 18.0. The third-order valence-corrected chi connectivity index (χ3v) is 5.38. The van der Waals surface area contributed by atoms with Gasteiger partial charge in [0, 0.05) is 59.6 Å². The number of piperazine rings is 1. The minimum atomic E-state index is 0.740. The molecule has 6 nitrogen and oxygen atoms in total. The molecule has 0 spiro atoms. The highest BCUT2D eigenvalue weighted by Crippen LogP contribution is 2.14. The number of pyridine rings is 1. The average Bonchev–Trinajstić information content (AvgIpc) is 2.74. The van der Waals surface area contributed by atoms with Crippen molar-refractivity contribution in [2.75, 3.05) is 58.3 Å². The third-order valence-electron chi connectivity index (χ3n) is 5.38. The molecule has 1 aromatic rings. The van der Waals surface area contributed by atoms with Crippen molar-refractivity contribution in [1.29, 1.82) is 0 Å². The summed E-state index contributed by atoms with van der Waals surface area (Å²) in [6.45, 7) is 13.3. The average molecular weight is 387 g/mol. The Morgan fingerprint density at radius 2 is 2.04 bits per heavy atom. The maximum Gasteiger partial charge on any atom is 0.193 e. The van der Waals surface area contributed by atoms with Crippen LogP contribution in [0.1, 0.15) is 38.2 Å². The minimum Gasteiger partial charge on any atom is -0.354 e. The highest BCUT2D eigenvalue weighted by molar-refractivity contribution is 5.79. The molecule has 0 saturated carbocycles. The van der Waals surface area contributed by atoms with Crippen LogP contribution in [0.3, 0.4) is 0 Å². The van der Waals surface area contributed by atoms with Crippen LogP contribution < -0.4 is 10.2 Å². The second-order valence-electron chi connectivity index (χ2n) is 7.41. The zero-order valence-corrected chi connectivity index (χ0v) is 18.0. The standard InChI is InChI=1S/C22H38N6/c1-5-7-8-9-10-13-26(4)22(23-3)25-19-20-11-12-21(24-18-20)28-16-14-27(6-2)15-17-28/h5,11-12,18H,1,6-10,13-17,19H2,2-4H3,(H,23,25). The number of allylic oxidation sites excluding steroid dienone is 1. The summed E-state index contributed by atoms with van der Waals surface area (Å²) in [5.41, 5.74) is 1.18. The molecule has 2 rings (SSSR count). The molecule has 1 N–H and O–H groups in total. The third kappa shape index (κ3) is 7.15. The molecule has 1 aromatic heterocycles. The lowest BCUT2D eigenvalue weighted by atomic mass is 10.2. The van der Waals surface area contributed by atoms with E-state index in [1.165, 1.54) is 24.8 Å². The molecule has 28 heavy (non-hydrogen) atoms. The topological polar surface area (TPSA) is 47.0 Å². The van der Waals surface area contributed by atoms with Crippen LogP contribution in [0.25, 0.3) is 0 Å². The van der Waals surface area contributed by atoms with Crippen molar-refractivity contribution >= 4 is 11.8 Å². The molecule has 6 heteroatoms. The number of aromatic nitrogens is 1. The monoisotopic (exact) mass is 386 g/mol. The Morgan fingerprint density at radius 1 is 1.25 bits per heavy atom. The molecule has 0 aromatic carbocycles. The number of likely N-dealkylation sites (N-methyl/N-ethyl adjacent to an activating group) is 1. The number of rotatable bonds is 10. The fourth-order valence-corrected chi connectivity index (χ4v) is 3.49. The number of aliphatic imine (C=N–C) groups is 1. The molecule has 1 fully saturated rings. The molecule has 1 aliphatic heterocycles. The lowest BCUT2D eigenvalue weighted by molar-refractivity contribution is 0.270. The van der Waals surface area contributed by atoms with Crippen LogP contribution in [0.15, 0.2) is 36.0 Å². The Bertz CT molecular complexity index is 590. The molecule has 0 aliphatic carbocycles. The van der Waals surface area contributed by atoms with Crippen LogP contribution in [0, 0.1) is 0 Å². The Labute approximate surface area is 171 Å². The Balaban J connectivity index is 1.75. The summed E-state index contributed by atoms with van der Waals surface area (Å²) in [6.07, 6.45) is 8.70. The van der Waals surface area contributed by atoms with Crippen LogP contribution in [0.5, 0.6) is 0 Å². The number of hydrogen-bond donors (Lipinski definition) is 1. The van der Waals surface area contributed by atoms with E-state index in [4.69, 9.17) is 0 Å². The van der Waals surface area contributed by atoms with Gasteiger partial charge in [-0.3, -0.25) is 4.99 Å². The smallest absolute Gasteiger partial charge is 0.193 e. The number of unbranched alkanes of at least 4 members (excludes halogenated alkanes) is 3. The normalized spacial score (nSPS) is 15.5. The first-order valence-electron chi connectivity index (χ1n) is 10.6. The minimum absolute atomic E-state index is 0.740. The van der Waals surface area contributed by atoms with Crippen LogP contribution >= 0.6 is 0 Å². The second kappa shape index (κ2) is 12.4. The molecule has 0 unspecified atom stereocenters. The van der Waals surface area contributed by atoms with E-state index in [1.807, 2.05) is 19.3 Å². The van der Waals surface area contributed by atoms with Gasteiger partial charge in [0.05, 0.1) is 0 Å². The van der Waals surface area contributed by atoms with Crippen LogP contribution in [-0.4, -0.2) is 74.1 Å². The van der Waals surface area contributed by atoms with Crippen molar-refractivity contribution in [2.45, 2.75) is 39.2 Å². The van der Waals surface area contributed by atoms with Crippen molar-refractivity contribution in [3.05, 3.63) is 36.5 Å². The Hall–Kier alpha value is -2.08. The van der Waals surface area contributed by atoms with Gasteiger partial charge in [0.2, 0.25) is 0 Å². The lowest BCUT2D eigenvalue weighted by Gasteiger charge is -2.34. The summed E-state index contributed by atoms with van der Waals surface area (Å²) in [7, 11) is 3.94. The van der Waals surface area contributed by atoms with E-state index in [2.05, 4.69) is 62.7 Å². The van der Waals surface area contributed by atoms with Crippen LogP contribution in [0.2, 0.25) is 0 Å².